The first-order chi connectivity index (χ1) is 9.26. The van der Waals surface area contributed by atoms with Crippen LogP contribution in [0, 0.1) is 0 Å². The van der Waals surface area contributed by atoms with Gasteiger partial charge in [-0.25, -0.2) is 4.98 Å². The zero-order chi connectivity index (χ0) is 13.7. The highest BCUT2D eigenvalue weighted by Crippen LogP contribution is 2.28. The lowest BCUT2D eigenvalue weighted by Crippen LogP contribution is -2.41. The zero-order valence-corrected chi connectivity index (χ0v) is 10.9. The molecule has 6 heteroatoms. The van der Waals surface area contributed by atoms with Crippen LogP contribution < -0.4 is 10.6 Å². The van der Waals surface area contributed by atoms with Crippen LogP contribution in [0.4, 0.5) is 5.82 Å². The monoisotopic (exact) mass is 264 g/mol. The Bertz CT molecular complexity index is 429. The predicted molar refractivity (Wildman–Crippen MR) is 73.4 cm³/mol. The number of nitrogens with zero attached hydrogens (tertiary/aromatic N) is 3. The molecule has 0 unspecified atom stereocenters. The highest BCUT2D eigenvalue weighted by Gasteiger charge is 2.25. The number of nitrogens with two attached hydrogens (primary N) is 1. The molecule has 0 atom stereocenters. The number of hydrogen-bond acceptors (Lipinski definition) is 5. The second-order valence-electron chi connectivity index (χ2n) is 4.75. The van der Waals surface area contributed by atoms with Gasteiger partial charge in [-0.2, -0.15) is 0 Å². The van der Waals surface area contributed by atoms with Gasteiger partial charge in [0.15, 0.2) is 5.84 Å². The largest absolute Gasteiger partial charge is 0.409 e. The number of aliphatic hydroxyl groups excluding tert-OH is 1. The van der Waals surface area contributed by atoms with Crippen LogP contribution in [0.25, 0.3) is 0 Å². The Kier molecular flexibility index (Phi) is 4.57. The van der Waals surface area contributed by atoms with Gasteiger partial charge in [-0.1, -0.05) is 5.16 Å². The Morgan fingerprint density at radius 2 is 2.26 bits per heavy atom. The molecule has 1 aliphatic carbocycles. The Hall–Kier alpha value is -1.82. The van der Waals surface area contributed by atoms with E-state index >= 15 is 0 Å². The van der Waals surface area contributed by atoms with Crippen molar-refractivity contribution in [1.29, 1.82) is 0 Å². The molecule has 0 aliphatic heterocycles. The Labute approximate surface area is 112 Å². The quantitative estimate of drug-likeness (QED) is 0.307. The van der Waals surface area contributed by atoms with Crippen molar-refractivity contribution in [3.63, 3.8) is 0 Å². The first-order valence-electron chi connectivity index (χ1n) is 6.57. The van der Waals surface area contributed by atoms with E-state index in [2.05, 4.69) is 15.0 Å². The van der Waals surface area contributed by atoms with E-state index < -0.39 is 0 Å². The SMILES string of the molecule is N/C(=N/O)c1ccc(N(CCCO)C2CCC2)nc1. The summed E-state index contributed by atoms with van der Waals surface area (Å²) >= 11 is 0. The average molecular weight is 264 g/mol. The molecule has 1 saturated carbocycles. The molecule has 0 aromatic carbocycles. The molecule has 1 aliphatic rings. The van der Waals surface area contributed by atoms with Crippen molar-refractivity contribution in [3.8, 4) is 0 Å². The van der Waals surface area contributed by atoms with Gasteiger partial charge in [0, 0.05) is 31.0 Å². The number of anilines is 1. The maximum atomic E-state index is 8.98. The van der Waals surface area contributed by atoms with E-state index in [1.165, 1.54) is 19.3 Å². The van der Waals surface area contributed by atoms with Crippen molar-refractivity contribution in [2.45, 2.75) is 31.7 Å². The van der Waals surface area contributed by atoms with E-state index in [9.17, 15) is 0 Å². The maximum absolute atomic E-state index is 8.98. The fraction of sp³-hybridized carbons (Fsp3) is 0.538. The van der Waals surface area contributed by atoms with Gasteiger partial charge in [-0.15, -0.1) is 0 Å². The second kappa shape index (κ2) is 6.38. The summed E-state index contributed by atoms with van der Waals surface area (Å²) in [5.41, 5.74) is 6.11. The average Bonchev–Trinajstić information content (AvgIpc) is 2.40. The summed E-state index contributed by atoms with van der Waals surface area (Å²) in [5, 5.41) is 20.5. The van der Waals surface area contributed by atoms with Crippen LogP contribution in [0.3, 0.4) is 0 Å². The van der Waals surface area contributed by atoms with Crippen molar-refractivity contribution >= 4 is 11.7 Å². The van der Waals surface area contributed by atoms with Crippen LogP contribution in [0.2, 0.25) is 0 Å². The van der Waals surface area contributed by atoms with Gasteiger partial charge in [0.25, 0.3) is 0 Å². The highest BCUT2D eigenvalue weighted by molar-refractivity contribution is 5.96. The van der Waals surface area contributed by atoms with E-state index in [1.807, 2.05) is 6.07 Å². The smallest absolute Gasteiger partial charge is 0.171 e. The lowest BCUT2D eigenvalue weighted by Gasteiger charge is -2.38. The van der Waals surface area contributed by atoms with Gasteiger partial charge in [0.1, 0.15) is 5.82 Å². The van der Waals surface area contributed by atoms with E-state index in [0.29, 0.717) is 11.6 Å². The molecule has 0 bridgehead atoms. The molecular weight excluding hydrogens is 244 g/mol. The minimum absolute atomic E-state index is 0.0598. The number of amidine groups is 1. The van der Waals surface area contributed by atoms with Crippen molar-refractivity contribution in [3.05, 3.63) is 23.9 Å². The van der Waals surface area contributed by atoms with Crippen LogP contribution in [0.5, 0.6) is 0 Å². The molecule has 19 heavy (non-hydrogen) atoms. The van der Waals surface area contributed by atoms with Gasteiger partial charge >= 0.3 is 0 Å². The van der Waals surface area contributed by atoms with Crippen LogP contribution in [-0.2, 0) is 0 Å². The normalized spacial score (nSPS) is 16.2. The van der Waals surface area contributed by atoms with E-state index in [0.717, 1.165) is 18.8 Å². The fourth-order valence-corrected chi connectivity index (χ4v) is 2.19. The van der Waals surface area contributed by atoms with Crippen molar-refractivity contribution in [2.24, 2.45) is 10.9 Å². The van der Waals surface area contributed by atoms with Gasteiger partial charge in [-0.05, 0) is 37.8 Å². The molecule has 104 valence electrons. The van der Waals surface area contributed by atoms with Crippen LogP contribution in [0.1, 0.15) is 31.2 Å². The van der Waals surface area contributed by atoms with Crippen molar-refractivity contribution < 1.29 is 10.3 Å². The van der Waals surface area contributed by atoms with Crippen molar-refractivity contribution in [2.75, 3.05) is 18.1 Å². The van der Waals surface area contributed by atoms with Gasteiger partial charge in [0.05, 0.1) is 0 Å². The van der Waals surface area contributed by atoms with Gasteiger partial charge in [-0.3, -0.25) is 0 Å². The summed E-state index contributed by atoms with van der Waals surface area (Å²) in [4.78, 5) is 6.61. The second-order valence-corrected chi connectivity index (χ2v) is 4.75. The Morgan fingerprint density at radius 1 is 1.47 bits per heavy atom. The van der Waals surface area contributed by atoms with E-state index in [-0.39, 0.29) is 12.4 Å². The summed E-state index contributed by atoms with van der Waals surface area (Å²) < 4.78 is 0. The molecule has 4 N–H and O–H groups in total. The predicted octanol–water partition coefficient (Wildman–Crippen LogP) is 0.917. The molecule has 6 nitrogen and oxygen atoms in total. The first-order valence-corrected chi connectivity index (χ1v) is 6.57. The fourth-order valence-electron chi connectivity index (χ4n) is 2.19. The summed E-state index contributed by atoms with van der Waals surface area (Å²) in [6.45, 7) is 0.989. The van der Waals surface area contributed by atoms with Crippen LogP contribution in [0.15, 0.2) is 23.5 Å². The van der Waals surface area contributed by atoms with Crippen LogP contribution in [-0.4, -0.2) is 40.3 Å². The lowest BCUT2D eigenvalue weighted by atomic mass is 9.91. The molecular formula is C13H20N4O2. The third kappa shape index (κ3) is 3.14. The summed E-state index contributed by atoms with van der Waals surface area (Å²) in [7, 11) is 0. The molecule has 1 fully saturated rings. The number of aliphatic hydroxyl groups is 1. The van der Waals surface area contributed by atoms with E-state index in [4.69, 9.17) is 16.0 Å². The molecule has 0 saturated heterocycles. The Balaban J connectivity index is 2.12. The third-order valence-corrected chi connectivity index (χ3v) is 3.52. The summed E-state index contributed by atoms with van der Waals surface area (Å²) in [6.07, 6.45) is 5.95. The molecule has 0 amide bonds. The summed E-state index contributed by atoms with van der Waals surface area (Å²) in [5.74, 6) is 0.942. The topological polar surface area (TPSA) is 95.0 Å². The van der Waals surface area contributed by atoms with Gasteiger partial charge < -0.3 is 20.9 Å². The van der Waals surface area contributed by atoms with E-state index in [1.54, 1.807) is 12.3 Å². The minimum atomic E-state index is 0.0598. The summed E-state index contributed by atoms with van der Waals surface area (Å²) in [6, 6.07) is 4.19. The highest BCUT2D eigenvalue weighted by atomic mass is 16.4. The number of rotatable bonds is 6. The molecule has 2 rings (SSSR count). The number of oxime groups is 1. The third-order valence-electron chi connectivity index (χ3n) is 3.52. The molecule has 1 aromatic rings. The van der Waals surface area contributed by atoms with Crippen LogP contribution >= 0.6 is 0 Å². The standard InChI is InChI=1S/C13H20N4O2/c14-13(16-19)10-5-6-12(15-9-10)17(7-2-8-18)11-3-1-4-11/h5-6,9,11,18-19H,1-4,7-8H2,(H2,14,16). The van der Waals surface area contributed by atoms with Crippen molar-refractivity contribution in [1.82, 2.24) is 4.98 Å². The van der Waals surface area contributed by atoms with Gasteiger partial charge in [0.2, 0.25) is 0 Å². The minimum Gasteiger partial charge on any atom is -0.409 e. The lowest BCUT2D eigenvalue weighted by molar-refractivity contribution is 0.282. The first kappa shape index (κ1) is 13.6. The number of aromatic nitrogens is 1. The Morgan fingerprint density at radius 3 is 2.74 bits per heavy atom. The number of hydrogen-bond donors (Lipinski definition) is 3. The zero-order valence-electron chi connectivity index (χ0n) is 10.9. The molecule has 0 radical (unpaired) electrons. The number of pyridine rings is 1. The maximum Gasteiger partial charge on any atom is 0.171 e. The molecule has 1 aromatic heterocycles. The molecule has 0 spiro atoms. The molecule has 1 heterocycles.